The van der Waals surface area contributed by atoms with Crippen molar-refractivity contribution in [3.05, 3.63) is 71.4 Å². The van der Waals surface area contributed by atoms with Crippen LogP contribution in [-0.4, -0.2) is 55.2 Å². The maximum Gasteiger partial charge on any atom is 0.251 e. The molecule has 2 aromatic carbocycles. The number of ether oxygens (including phenoxy) is 1. The van der Waals surface area contributed by atoms with Crippen LogP contribution in [0.2, 0.25) is 0 Å². The molecule has 0 unspecified atom stereocenters. The summed E-state index contributed by atoms with van der Waals surface area (Å²) in [6, 6.07) is 15.5. The van der Waals surface area contributed by atoms with Crippen molar-refractivity contribution in [2.75, 3.05) is 32.5 Å². The Labute approximate surface area is 213 Å². The first-order valence-corrected chi connectivity index (χ1v) is 12.5. The van der Waals surface area contributed by atoms with E-state index in [2.05, 4.69) is 40.6 Å². The maximum absolute atomic E-state index is 13.0. The molecule has 2 fully saturated rings. The SMILES string of the molecule is CCc1cc(-c2cc(Oc3ccc(C=N)c(NC)c3)ccn2)ccc1C(=O)NC1CC2(C1)CN(C)C2.[HH]. The van der Waals surface area contributed by atoms with Gasteiger partial charge in [0.2, 0.25) is 0 Å². The molecule has 0 radical (unpaired) electrons. The second-order valence-electron chi connectivity index (χ2n) is 10.1. The monoisotopic (exact) mass is 485 g/mol. The Bertz CT molecular complexity index is 1300. The van der Waals surface area contributed by atoms with Gasteiger partial charge in [-0.15, -0.1) is 0 Å². The van der Waals surface area contributed by atoms with Gasteiger partial charge in [0.15, 0.2) is 0 Å². The average Bonchev–Trinajstić information content (AvgIpc) is 2.86. The number of carbonyl (C=O) groups is 1. The van der Waals surface area contributed by atoms with E-state index in [0.717, 1.165) is 66.0 Å². The standard InChI is InChI=1S/C29H33N5O2.H2/c1-4-19-11-20(6-8-25(19)28(35)33-22-14-29(15-22)17-34(3)18-29)27-13-24(9-10-32-27)36-23-7-5-21(16-30)26(12-23)31-2;/h5-13,16,22,30-31H,4,14-15,17-18H2,1-3H3,(H,33,35);1H. The lowest BCUT2D eigenvalue weighted by atomic mass is 9.61. The van der Waals surface area contributed by atoms with Gasteiger partial charge < -0.3 is 25.7 Å². The Morgan fingerprint density at radius 2 is 1.97 bits per heavy atom. The van der Waals surface area contributed by atoms with E-state index in [1.165, 1.54) is 6.21 Å². The van der Waals surface area contributed by atoms with Crippen molar-refractivity contribution in [3.8, 4) is 22.8 Å². The highest BCUT2D eigenvalue weighted by Crippen LogP contribution is 2.47. The lowest BCUT2D eigenvalue weighted by molar-refractivity contribution is -0.0625. The molecule has 7 nitrogen and oxygen atoms in total. The normalized spacial score (nSPS) is 16.6. The predicted octanol–water partition coefficient (Wildman–Crippen LogP) is 5.21. The Morgan fingerprint density at radius 1 is 1.19 bits per heavy atom. The summed E-state index contributed by atoms with van der Waals surface area (Å²) < 4.78 is 6.08. The van der Waals surface area contributed by atoms with Gasteiger partial charge in [-0.3, -0.25) is 9.78 Å². The van der Waals surface area contributed by atoms with Gasteiger partial charge in [0.1, 0.15) is 11.5 Å². The van der Waals surface area contributed by atoms with Crippen LogP contribution in [0.15, 0.2) is 54.7 Å². The van der Waals surface area contributed by atoms with Crippen molar-refractivity contribution >= 4 is 17.8 Å². The zero-order chi connectivity index (χ0) is 25.3. The summed E-state index contributed by atoms with van der Waals surface area (Å²) in [5, 5.41) is 13.9. The molecule has 3 N–H and O–H groups in total. The molecule has 188 valence electrons. The fourth-order valence-corrected chi connectivity index (χ4v) is 5.68. The maximum atomic E-state index is 13.0. The molecule has 1 aliphatic carbocycles. The number of hydrogen-bond donors (Lipinski definition) is 3. The van der Waals surface area contributed by atoms with Gasteiger partial charge in [0, 0.05) is 74.5 Å². The number of nitrogens with zero attached hydrogens (tertiary/aromatic N) is 2. The van der Waals surface area contributed by atoms with Gasteiger partial charge in [-0.1, -0.05) is 13.0 Å². The molecular formula is C29H35N5O2. The zero-order valence-corrected chi connectivity index (χ0v) is 21.1. The van der Waals surface area contributed by atoms with Gasteiger partial charge in [0.05, 0.1) is 5.69 Å². The highest BCUT2D eigenvalue weighted by Gasteiger charge is 2.51. The predicted molar refractivity (Wildman–Crippen MR) is 146 cm³/mol. The van der Waals surface area contributed by atoms with Crippen LogP contribution in [0.25, 0.3) is 11.3 Å². The van der Waals surface area contributed by atoms with Crippen LogP contribution < -0.4 is 15.4 Å². The molecule has 36 heavy (non-hydrogen) atoms. The van der Waals surface area contributed by atoms with Crippen LogP contribution in [0.5, 0.6) is 11.5 Å². The summed E-state index contributed by atoms with van der Waals surface area (Å²) in [5.74, 6) is 1.37. The first kappa shape index (κ1) is 24.0. The Balaban J connectivity index is 0.00000320. The van der Waals surface area contributed by atoms with E-state index in [1.54, 1.807) is 6.20 Å². The molecule has 3 aromatic rings. The van der Waals surface area contributed by atoms with Crippen molar-refractivity contribution in [2.24, 2.45) is 5.41 Å². The third-order valence-corrected chi connectivity index (χ3v) is 7.35. The van der Waals surface area contributed by atoms with Gasteiger partial charge >= 0.3 is 0 Å². The molecule has 2 heterocycles. The zero-order valence-electron chi connectivity index (χ0n) is 21.1. The summed E-state index contributed by atoms with van der Waals surface area (Å²) >= 11 is 0. The molecule has 2 aliphatic rings. The fourth-order valence-electron chi connectivity index (χ4n) is 5.68. The number of hydrogen-bond acceptors (Lipinski definition) is 6. The summed E-state index contributed by atoms with van der Waals surface area (Å²) in [5.41, 5.74) is 5.56. The number of carbonyl (C=O) groups excluding carboxylic acids is 1. The minimum absolute atomic E-state index is 0. The van der Waals surface area contributed by atoms with Crippen molar-refractivity contribution in [1.82, 2.24) is 15.2 Å². The Kier molecular flexibility index (Phi) is 6.49. The van der Waals surface area contributed by atoms with Gasteiger partial charge in [-0.2, -0.15) is 0 Å². The molecule has 7 heteroatoms. The number of benzene rings is 2. The molecule has 1 amide bonds. The molecule has 0 atom stereocenters. The van der Waals surface area contributed by atoms with E-state index in [9.17, 15) is 4.79 Å². The van der Waals surface area contributed by atoms with Crippen molar-refractivity contribution in [3.63, 3.8) is 0 Å². The van der Waals surface area contributed by atoms with Crippen molar-refractivity contribution in [1.29, 1.82) is 5.41 Å². The number of anilines is 1. The van der Waals surface area contributed by atoms with E-state index < -0.39 is 0 Å². The number of rotatable bonds is 8. The minimum atomic E-state index is 0. The molecule has 1 aromatic heterocycles. The lowest BCUT2D eigenvalue weighted by Crippen LogP contribution is -2.65. The number of pyridine rings is 1. The fraction of sp³-hybridized carbons (Fsp3) is 0.345. The van der Waals surface area contributed by atoms with E-state index in [-0.39, 0.29) is 13.4 Å². The van der Waals surface area contributed by atoms with Crippen LogP contribution in [0, 0.1) is 10.8 Å². The number of likely N-dealkylation sites (tertiary alicyclic amines) is 1. The van der Waals surface area contributed by atoms with Gasteiger partial charge in [0.25, 0.3) is 5.91 Å². The minimum Gasteiger partial charge on any atom is -0.457 e. The molecule has 1 saturated heterocycles. The summed E-state index contributed by atoms with van der Waals surface area (Å²) in [6.45, 7) is 4.37. The quantitative estimate of drug-likeness (QED) is 0.381. The molecule has 0 bridgehead atoms. The topological polar surface area (TPSA) is 90.3 Å². The van der Waals surface area contributed by atoms with Crippen LogP contribution in [0.3, 0.4) is 0 Å². The summed E-state index contributed by atoms with van der Waals surface area (Å²) in [6.07, 6.45) is 5.97. The number of amides is 1. The number of aromatic nitrogens is 1. The highest BCUT2D eigenvalue weighted by atomic mass is 16.5. The summed E-state index contributed by atoms with van der Waals surface area (Å²) in [4.78, 5) is 19.9. The number of nitrogens with one attached hydrogen (secondary N) is 3. The van der Waals surface area contributed by atoms with Crippen LogP contribution in [-0.2, 0) is 6.42 Å². The van der Waals surface area contributed by atoms with Crippen molar-refractivity contribution < 1.29 is 11.0 Å². The lowest BCUT2D eigenvalue weighted by Gasteiger charge is -2.58. The number of aryl methyl sites for hydroxylation is 1. The third kappa shape index (κ3) is 4.71. The van der Waals surface area contributed by atoms with E-state index in [4.69, 9.17) is 10.1 Å². The van der Waals surface area contributed by atoms with E-state index >= 15 is 0 Å². The van der Waals surface area contributed by atoms with Crippen LogP contribution in [0.1, 0.15) is 42.7 Å². The second kappa shape index (κ2) is 9.74. The average molecular weight is 486 g/mol. The molecule has 5 rings (SSSR count). The highest BCUT2D eigenvalue weighted by molar-refractivity contribution is 5.96. The van der Waals surface area contributed by atoms with Gasteiger partial charge in [-0.25, -0.2) is 0 Å². The smallest absolute Gasteiger partial charge is 0.251 e. The van der Waals surface area contributed by atoms with E-state index in [0.29, 0.717) is 16.9 Å². The van der Waals surface area contributed by atoms with Crippen LogP contribution >= 0.6 is 0 Å². The largest absolute Gasteiger partial charge is 0.457 e. The molecule has 1 aliphatic heterocycles. The molecule has 1 saturated carbocycles. The van der Waals surface area contributed by atoms with Crippen LogP contribution in [0.4, 0.5) is 5.69 Å². The molecular weight excluding hydrogens is 450 g/mol. The van der Waals surface area contributed by atoms with Gasteiger partial charge in [-0.05, 0) is 67.6 Å². The van der Waals surface area contributed by atoms with Crippen molar-refractivity contribution in [2.45, 2.75) is 32.2 Å². The first-order valence-electron chi connectivity index (χ1n) is 12.5. The van der Waals surface area contributed by atoms with E-state index in [1.807, 2.05) is 49.5 Å². The second-order valence-corrected chi connectivity index (χ2v) is 10.1. The first-order chi connectivity index (χ1) is 17.4. The third-order valence-electron chi connectivity index (χ3n) is 7.35. The Hall–Kier alpha value is -3.71. The molecule has 1 spiro atoms. The summed E-state index contributed by atoms with van der Waals surface area (Å²) in [7, 11) is 3.97. The Morgan fingerprint density at radius 3 is 2.67 bits per heavy atom.